The van der Waals surface area contributed by atoms with Crippen LogP contribution in [0.15, 0.2) is 36.4 Å². The molecule has 1 aliphatic rings. The Morgan fingerprint density at radius 1 is 1.25 bits per heavy atom. The van der Waals surface area contributed by atoms with Crippen molar-refractivity contribution in [2.75, 3.05) is 29.5 Å². The van der Waals surface area contributed by atoms with E-state index in [1.165, 1.54) is 17.5 Å². The quantitative estimate of drug-likeness (QED) is 0.778. The number of hydrogen-bond donors (Lipinski definition) is 1. The van der Waals surface area contributed by atoms with Crippen LogP contribution in [0.25, 0.3) is 0 Å². The lowest BCUT2D eigenvalue weighted by atomic mass is 10.2. The van der Waals surface area contributed by atoms with Crippen LogP contribution in [0.2, 0.25) is 10.0 Å². The predicted molar refractivity (Wildman–Crippen MR) is 109 cm³/mol. The summed E-state index contributed by atoms with van der Waals surface area (Å²) in [6, 6.07) is 9.47. The fraction of sp³-hybridized carbons (Fsp3) is 0.278. The average Bonchev–Trinajstić information content (AvgIpc) is 2.81. The number of hydrogen-bond acceptors (Lipinski definition) is 5. The van der Waals surface area contributed by atoms with Gasteiger partial charge in [-0.3, -0.25) is 9.10 Å². The molecule has 10 heteroatoms. The number of benzene rings is 2. The molecule has 3 rings (SSSR count). The lowest BCUT2D eigenvalue weighted by Gasteiger charge is -2.21. The van der Waals surface area contributed by atoms with Gasteiger partial charge in [0, 0.05) is 23.7 Å². The number of anilines is 2. The van der Waals surface area contributed by atoms with Crippen LogP contribution in [0, 0.1) is 0 Å². The summed E-state index contributed by atoms with van der Waals surface area (Å²) in [4.78, 5) is 12.7. The predicted octanol–water partition coefficient (Wildman–Crippen LogP) is 3.56. The Morgan fingerprint density at radius 3 is 2.64 bits per heavy atom. The third-order valence-electron chi connectivity index (χ3n) is 4.17. The molecular weight excluding hydrogens is 427 g/mol. The number of rotatable bonds is 4. The fourth-order valence-electron chi connectivity index (χ4n) is 2.85. The van der Waals surface area contributed by atoms with E-state index in [4.69, 9.17) is 32.7 Å². The van der Waals surface area contributed by atoms with E-state index in [1.807, 2.05) is 0 Å². The molecule has 0 saturated carbocycles. The number of amides is 1. The molecule has 1 aliphatic heterocycles. The van der Waals surface area contributed by atoms with E-state index in [-0.39, 0.29) is 18.7 Å². The van der Waals surface area contributed by atoms with Crippen LogP contribution < -0.4 is 19.1 Å². The van der Waals surface area contributed by atoms with Crippen molar-refractivity contribution >= 4 is 50.5 Å². The van der Waals surface area contributed by atoms with Gasteiger partial charge in [-0.2, -0.15) is 0 Å². The lowest BCUT2D eigenvalue weighted by Crippen LogP contribution is -2.35. The second-order valence-electron chi connectivity index (χ2n) is 6.18. The Bertz CT molecular complexity index is 1010. The summed E-state index contributed by atoms with van der Waals surface area (Å²) in [5.41, 5.74) is 0.776. The molecule has 0 saturated heterocycles. The first-order valence-electron chi connectivity index (χ1n) is 8.27. The van der Waals surface area contributed by atoms with E-state index in [0.717, 1.165) is 6.26 Å². The summed E-state index contributed by atoms with van der Waals surface area (Å²) in [7, 11) is -2.07. The summed E-state index contributed by atoms with van der Waals surface area (Å²) in [5.74, 6) is 0.331. The highest BCUT2D eigenvalue weighted by atomic mass is 35.5. The number of fused-ring (bicyclic) bond motifs is 1. The smallest absolute Gasteiger partial charge is 0.265 e. The maximum absolute atomic E-state index is 12.7. The number of carbonyl (C=O) groups is 1. The Labute approximate surface area is 173 Å². The summed E-state index contributed by atoms with van der Waals surface area (Å²) in [5, 5.41) is 3.45. The highest BCUT2D eigenvalue weighted by Crippen LogP contribution is 2.36. The van der Waals surface area contributed by atoms with Crippen molar-refractivity contribution in [2.45, 2.75) is 12.5 Å². The van der Waals surface area contributed by atoms with Crippen molar-refractivity contribution in [1.29, 1.82) is 0 Å². The van der Waals surface area contributed by atoms with Crippen molar-refractivity contribution in [3.63, 3.8) is 0 Å². The highest BCUT2D eigenvalue weighted by molar-refractivity contribution is 7.92. The maximum atomic E-state index is 12.7. The van der Waals surface area contributed by atoms with Gasteiger partial charge in [0.25, 0.3) is 5.91 Å². The molecule has 1 heterocycles. The zero-order chi connectivity index (χ0) is 20.5. The topological polar surface area (TPSA) is 84.9 Å². The van der Waals surface area contributed by atoms with Crippen molar-refractivity contribution in [1.82, 2.24) is 0 Å². The molecule has 150 valence electrons. The normalized spacial score (nSPS) is 16.6. The van der Waals surface area contributed by atoms with Crippen LogP contribution in [0.1, 0.15) is 6.42 Å². The van der Waals surface area contributed by atoms with Crippen molar-refractivity contribution < 1.29 is 22.7 Å². The van der Waals surface area contributed by atoms with Gasteiger partial charge in [-0.25, -0.2) is 8.42 Å². The Hall–Kier alpha value is -2.16. The number of carbonyl (C=O) groups excluding carboxylic acids is 1. The SMILES string of the molecule is COc1ccc(NC(=O)[C@@H]2CCN(S(C)(=O)=O)c3cc(Cl)ccc3O2)cc1Cl. The van der Waals surface area contributed by atoms with Gasteiger partial charge < -0.3 is 14.8 Å². The van der Waals surface area contributed by atoms with Crippen LogP contribution in [0.5, 0.6) is 11.5 Å². The number of ether oxygens (including phenoxy) is 2. The molecule has 0 aliphatic carbocycles. The average molecular weight is 445 g/mol. The second kappa shape index (κ2) is 8.06. The first-order chi connectivity index (χ1) is 13.2. The molecule has 0 aromatic heterocycles. The number of nitrogens with one attached hydrogen (secondary N) is 1. The van der Waals surface area contributed by atoms with E-state index >= 15 is 0 Å². The number of sulfonamides is 1. The van der Waals surface area contributed by atoms with Crippen molar-refractivity contribution in [2.24, 2.45) is 0 Å². The van der Waals surface area contributed by atoms with E-state index in [2.05, 4.69) is 5.32 Å². The summed E-state index contributed by atoms with van der Waals surface area (Å²) >= 11 is 12.1. The van der Waals surface area contributed by atoms with Crippen LogP contribution in [-0.2, 0) is 14.8 Å². The third-order valence-corrected chi connectivity index (χ3v) is 5.88. The third kappa shape index (κ3) is 4.45. The Balaban J connectivity index is 1.85. The summed E-state index contributed by atoms with van der Waals surface area (Å²) < 4.78 is 36.4. The van der Waals surface area contributed by atoms with Gasteiger partial charge in [0.2, 0.25) is 10.0 Å². The van der Waals surface area contributed by atoms with Gasteiger partial charge in [-0.05, 0) is 36.4 Å². The van der Waals surface area contributed by atoms with Gasteiger partial charge in [-0.1, -0.05) is 23.2 Å². The molecule has 1 atom stereocenters. The molecule has 1 amide bonds. The Morgan fingerprint density at radius 2 is 2.00 bits per heavy atom. The standard InChI is InChI=1S/C18H18Cl2N2O5S/c1-26-15-6-4-12(10-13(15)20)21-18(23)17-7-8-22(28(2,24)25)14-9-11(19)3-5-16(14)27-17/h3-6,9-10,17H,7-8H2,1-2H3,(H,21,23)/t17-/m0/s1. The van der Waals surface area contributed by atoms with Crippen LogP contribution in [0.3, 0.4) is 0 Å². The molecule has 0 spiro atoms. The molecule has 1 N–H and O–H groups in total. The van der Waals surface area contributed by atoms with Crippen LogP contribution in [-0.4, -0.2) is 40.3 Å². The van der Waals surface area contributed by atoms with E-state index < -0.39 is 22.0 Å². The molecule has 2 aromatic carbocycles. The molecule has 0 radical (unpaired) electrons. The largest absolute Gasteiger partial charge is 0.495 e. The molecule has 0 bridgehead atoms. The monoisotopic (exact) mass is 444 g/mol. The van der Waals surface area contributed by atoms with E-state index in [0.29, 0.717) is 27.2 Å². The van der Waals surface area contributed by atoms with Crippen LogP contribution in [0.4, 0.5) is 11.4 Å². The fourth-order valence-corrected chi connectivity index (χ4v) is 4.21. The second-order valence-corrected chi connectivity index (χ2v) is 8.93. The van der Waals surface area contributed by atoms with E-state index in [9.17, 15) is 13.2 Å². The van der Waals surface area contributed by atoms with Crippen molar-refractivity contribution in [3.05, 3.63) is 46.4 Å². The van der Waals surface area contributed by atoms with Gasteiger partial charge in [0.05, 0.1) is 24.1 Å². The number of methoxy groups -OCH3 is 1. The van der Waals surface area contributed by atoms with Gasteiger partial charge in [0.1, 0.15) is 11.5 Å². The lowest BCUT2D eigenvalue weighted by molar-refractivity contribution is -0.122. The number of halogens is 2. The highest BCUT2D eigenvalue weighted by Gasteiger charge is 2.31. The van der Waals surface area contributed by atoms with Crippen LogP contribution >= 0.6 is 23.2 Å². The molecular formula is C18H18Cl2N2O5S. The minimum Gasteiger partial charge on any atom is -0.495 e. The first kappa shape index (κ1) is 20.6. The molecule has 7 nitrogen and oxygen atoms in total. The first-order valence-corrected chi connectivity index (χ1v) is 10.9. The molecule has 28 heavy (non-hydrogen) atoms. The zero-order valence-corrected chi connectivity index (χ0v) is 17.4. The molecule has 0 fully saturated rings. The molecule has 0 unspecified atom stereocenters. The minimum absolute atomic E-state index is 0.0770. The van der Waals surface area contributed by atoms with E-state index in [1.54, 1.807) is 30.3 Å². The van der Waals surface area contributed by atoms with Gasteiger partial charge in [0.15, 0.2) is 6.10 Å². The minimum atomic E-state index is -3.57. The summed E-state index contributed by atoms with van der Waals surface area (Å²) in [6.07, 6.45) is 0.361. The number of nitrogens with zero attached hydrogens (tertiary/aromatic N) is 1. The van der Waals surface area contributed by atoms with Gasteiger partial charge in [-0.15, -0.1) is 0 Å². The molecule has 2 aromatic rings. The van der Waals surface area contributed by atoms with Crippen molar-refractivity contribution in [3.8, 4) is 11.5 Å². The van der Waals surface area contributed by atoms with Gasteiger partial charge >= 0.3 is 0 Å². The Kier molecular flexibility index (Phi) is 5.92. The maximum Gasteiger partial charge on any atom is 0.265 e. The summed E-state index contributed by atoms with van der Waals surface area (Å²) in [6.45, 7) is 0.0770. The zero-order valence-electron chi connectivity index (χ0n) is 15.1.